The van der Waals surface area contributed by atoms with Crippen LogP contribution in [0.4, 0.5) is 14.5 Å². The summed E-state index contributed by atoms with van der Waals surface area (Å²) >= 11 is 0. The van der Waals surface area contributed by atoms with Crippen molar-refractivity contribution in [3.05, 3.63) is 77.9 Å². The van der Waals surface area contributed by atoms with Gasteiger partial charge in [0.2, 0.25) is 5.91 Å². The number of amides is 1. The molecule has 0 aliphatic heterocycles. The maximum atomic E-state index is 14.6. The van der Waals surface area contributed by atoms with E-state index in [4.69, 9.17) is 0 Å². The van der Waals surface area contributed by atoms with Crippen molar-refractivity contribution < 1.29 is 18.4 Å². The number of hydrogen-bond acceptors (Lipinski definition) is 4. The molecule has 1 amide bonds. The number of anilines is 1. The molecule has 3 rings (SSSR count). The number of hydrogen-bond donors (Lipinski definition) is 0. The van der Waals surface area contributed by atoms with Gasteiger partial charge in [0.15, 0.2) is 17.4 Å². The van der Waals surface area contributed by atoms with Crippen LogP contribution in [0.1, 0.15) is 35.8 Å². The minimum Gasteiger partial charge on any atom is -0.313 e. The Kier molecular flexibility index (Phi) is 6.61. The van der Waals surface area contributed by atoms with E-state index in [1.54, 1.807) is 19.3 Å². The van der Waals surface area contributed by atoms with E-state index in [2.05, 4.69) is 9.97 Å². The number of rotatable bonds is 7. The highest BCUT2D eigenvalue weighted by Gasteiger charge is 2.20. The molecule has 0 fully saturated rings. The smallest absolute Gasteiger partial charge is 0.226 e. The number of ketones is 1. The zero-order valence-electron chi connectivity index (χ0n) is 16.7. The second kappa shape index (κ2) is 9.35. The quantitative estimate of drug-likeness (QED) is 0.535. The lowest BCUT2D eigenvalue weighted by Gasteiger charge is -2.18. The van der Waals surface area contributed by atoms with Crippen LogP contribution < -0.4 is 4.90 Å². The number of benzene rings is 1. The second-order valence-electron chi connectivity index (χ2n) is 6.78. The van der Waals surface area contributed by atoms with Gasteiger partial charge < -0.3 is 4.90 Å². The van der Waals surface area contributed by atoms with Gasteiger partial charge in [0.1, 0.15) is 5.69 Å². The van der Waals surface area contributed by atoms with Gasteiger partial charge in [-0.3, -0.25) is 19.6 Å². The zero-order chi connectivity index (χ0) is 21.7. The van der Waals surface area contributed by atoms with Crippen molar-refractivity contribution in [3.8, 4) is 11.1 Å². The molecule has 0 aliphatic carbocycles. The van der Waals surface area contributed by atoms with Crippen LogP contribution in [-0.4, -0.2) is 28.7 Å². The van der Waals surface area contributed by atoms with Gasteiger partial charge in [-0.05, 0) is 36.2 Å². The molecule has 0 aliphatic rings. The first-order valence-electron chi connectivity index (χ1n) is 9.55. The average molecular weight is 409 g/mol. The number of carbonyl (C=O) groups excluding carboxylic acids is 2. The summed E-state index contributed by atoms with van der Waals surface area (Å²) in [6, 6.07) is 9.48. The van der Waals surface area contributed by atoms with Gasteiger partial charge in [-0.1, -0.05) is 19.1 Å². The number of nitrogens with zero attached hydrogens (tertiary/aromatic N) is 3. The Balaban J connectivity index is 1.76. The Morgan fingerprint density at radius 3 is 2.47 bits per heavy atom. The van der Waals surface area contributed by atoms with Gasteiger partial charge in [0.05, 0.1) is 5.69 Å². The van der Waals surface area contributed by atoms with Crippen molar-refractivity contribution in [1.29, 1.82) is 0 Å². The molecule has 2 heterocycles. The first kappa shape index (κ1) is 21.2. The monoisotopic (exact) mass is 409 g/mol. The summed E-state index contributed by atoms with van der Waals surface area (Å²) in [5, 5.41) is 0. The van der Waals surface area contributed by atoms with Gasteiger partial charge in [0.25, 0.3) is 0 Å². The summed E-state index contributed by atoms with van der Waals surface area (Å²) in [7, 11) is 1.40. The predicted octanol–water partition coefficient (Wildman–Crippen LogP) is 4.61. The van der Waals surface area contributed by atoms with Crippen molar-refractivity contribution in [3.63, 3.8) is 0 Å². The van der Waals surface area contributed by atoms with Crippen molar-refractivity contribution in [2.24, 2.45) is 0 Å². The van der Waals surface area contributed by atoms with Crippen molar-refractivity contribution in [2.75, 3.05) is 11.9 Å². The topological polar surface area (TPSA) is 63.2 Å². The Morgan fingerprint density at radius 2 is 1.83 bits per heavy atom. The Hall–Kier alpha value is -3.48. The van der Waals surface area contributed by atoms with Crippen molar-refractivity contribution in [2.45, 2.75) is 26.2 Å². The van der Waals surface area contributed by atoms with Crippen LogP contribution in [-0.2, 0) is 11.2 Å². The molecule has 0 N–H and O–H groups in total. The summed E-state index contributed by atoms with van der Waals surface area (Å²) in [6.45, 7) is 1.65. The largest absolute Gasteiger partial charge is 0.313 e. The third-order valence-corrected chi connectivity index (χ3v) is 4.82. The van der Waals surface area contributed by atoms with Crippen molar-refractivity contribution in [1.82, 2.24) is 9.97 Å². The molecule has 1 aromatic carbocycles. The number of aromatic nitrogens is 2. The summed E-state index contributed by atoms with van der Waals surface area (Å²) in [6.07, 6.45) is 5.71. The maximum absolute atomic E-state index is 14.6. The van der Waals surface area contributed by atoms with Gasteiger partial charge >= 0.3 is 0 Å². The SMILES string of the molecule is CCC(=O)N(C)c1ccc(-c2ccc(C(=O)CCc3cccnc3)nc2)c(F)c1F. The van der Waals surface area contributed by atoms with Gasteiger partial charge in [-0.2, -0.15) is 0 Å². The lowest BCUT2D eigenvalue weighted by atomic mass is 10.0. The van der Waals surface area contributed by atoms with E-state index in [1.807, 2.05) is 12.1 Å². The molecule has 0 atom stereocenters. The van der Waals surface area contributed by atoms with Crippen LogP contribution in [0, 0.1) is 11.6 Å². The first-order valence-corrected chi connectivity index (χ1v) is 9.55. The molecule has 0 radical (unpaired) electrons. The number of halogens is 2. The minimum absolute atomic E-state index is 0.00968. The molecule has 154 valence electrons. The van der Waals surface area contributed by atoms with Crippen LogP contribution in [0.2, 0.25) is 0 Å². The molecule has 0 saturated heterocycles. The number of aryl methyl sites for hydroxylation is 1. The molecule has 2 aromatic heterocycles. The van der Waals surface area contributed by atoms with Crippen LogP contribution in [0.3, 0.4) is 0 Å². The highest BCUT2D eigenvalue weighted by atomic mass is 19.2. The molecular formula is C23H21F2N3O2. The molecule has 0 bridgehead atoms. The van der Waals surface area contributed by atoms with E-state index in [1.165, 1.54) is 37.5 Å². The summed E-state index contributed by atoms with van der Waals surface area (Å²) < 4.78 is 29.1. The number of carbonyl (C=O) groups is 2. The number of pyridine rings is 2. The third-order valence-electron chi connectivity index (χ3n) is 4.82. The Bertz CT molecular complexity index is 1050. The molecule has 0 spiro atoms. The summed E-state index contributed by atoms with van der Waals surface area (Å²) in [4.78, 5) is 33.3. The molecule has 0 unspecified atom stereocenters. The second-order valence-corrected chi connectivity index (χ2v) is 6.78. The Morgan fingerprint density at radius 1 is 1.03 bits per heavy atom. The van der Waals surface area contributed by atoms with Gasteiger partial charge in [-0.25, -0.2) is 8.78 Å². The molecule has 5 nitrogen and oxygen atoms in total. The molecular weight excluding hydrogens is 388 g/mol. The maximum Gasteiger partial charge on any atom is 0.226 e. The van der Waals surface area contributed by atoms with E-state index in [0.29, 0.717) is 12.0 Å². The number of Topliss-reactive ketones (excluding diaryl/α,β-unsaturated/α-hetero) is 1. The highest BCUT2D eigenvalue weighted by molar-refractivity contribution is 5.95. The third kappa shape index (κ3) is 4.56. The highest BCUT2D eigenvalue weighted by Crippen LogP contribution is 2.30. The van der Waals surface area contributed by atoms with Crippen LogP contribution in [0.5, 0.6) is 0 Å². The van der Waals surface area contributed by atoms with E-state index in [9.17, 15) is 18.4 Å². The van der Waals surface area contributed by atoms with E-state index < -0.39 is 11.6 Å². The van der Waals surface area contributed by atoms with E-state index in [0.717, 1.165) is 10.5 Å². The standard InChI is InChI=1S/C23H21F2N3O2/c1-3-21(30)28(2)19-10-8-17(22(24)23(19)25)16-7-9-18(27-14-16)20(29)11-6-15-5-4-12-26-13-15/h4-5,7-10,12-14H,3,6,11H2,1-2H3. The van der Waals surface area contributed by atoms with E-state index >= 15 is 0 Å². The fourth-order valence-corrected chi connectivity index (χ4v) is 3.04. The molecule has 7 heteroatoms. The van der Waals surface area contributed by atoms with Crippen LogP contribution >= 0.6 is 0 Å². The lowest BCUT2D eigenvalue weighted by molar-refractivity contribution is -0.118. The summed E-state index contributed by atoms with van der Waals surface area (Å²) in [5.74, 6) is -2.64. The van der Waals surface area contributed by atoms with Gasteiger partial charge in [0, 0.05) is 49.6 Å². The normalized spacial score (nSPS) is 10.7. The minimum atomic E-state index is -1.10. The molecule has 0 saturated carbocycles. The van der Waals surface area contributed by atoms with E-state index in [-0.39, 0.29) is 41.5 Å². The predicted molar refractivity (Wildman–Crippen MR) is 110 cm³/mol. The van der Waals surface area contributed by atoms with Crippen LogP contribution in [0.25, 0.3) is 11.1 Å². The summed E-state index contributed by atoms with van der Waals surface area (Å²) in [5.41, 5.74) is 1.43. The zero-order valence-corrected chi connectivity index (χ0v) is 16.7. The Labute approximate surface area is 173 Å². The molecule has 30 heavy (non-hydrogen) atoms. The first-order chi connectivity index (χ1) is 14.4. The van der Waals surface area contributed by atoms with Gasteiger partial charge in [-0.15, -0.1) is 0 Å². The fourth-order valence-electron chi connectivity index (χ4n) is 3.04. The fraction of sp³-hybridized carbons (Fsp3) is 0.217. The van der Waals surface area contributed by atoms with Crippen LogP contribution in [0.15, 0.2) is 55.0 Å². The molecule has 3 aromatic rings. The lowest BCUT2D eigenvalue weighted by Crippen LogP contribution is -2.26. The average Bonchev–Trinajstić information content (AvgIpc) is 2.79. The van der Waals surface area contributed by atoms with Crippen molar-refractivity contribution >= 4 is 17.4 Å².